The standard InChI is InChI=1S/C16H26N2O/c1-11(2)10-18(13-8-9-13)14-6-5-7-15(19-4)16(14)12(3)17/h5-7,11-13H,8-10,17H2,1-4H3/t12-/m1/s1. The zero-order chi connectivity index (χ0) is 14.0. The Morgan fingerprint density at radius 3 is 2.47 bits per heavy atom. The van der Waals surface area contributed by atoms with Crippen molar-refractivity contribution in [3.8, 4) is 5.75 Å². The van der Waals surface area contributed by atoms with Gasteiger partial charge in [-0.3, -0.25) is 0 Å². The van der Waals surface area contributed by atoms with E-state index in [0.29, 0.717) is 12.0 Å². The van der Waals surface area contributed by atoms with E-state index in [-0.39, 0.29) is 6.04 Å². The Bertz CT molecular complexity index is 425. The van der Waals surface area contributed by atoms with Gasteiger partial charge in [0.15, 0.2) is 0 Å². The van der Waals surface area contributed by atoms with Crippen molar-refractivity contribution < 1.29 is 4.74 Å². The van der Waals surface area contributed by atoms with Crippen LogP contribution in [0.5, 0.6) is 5.75 Å². The number of rotatable bonds is 6. The predicted octanol–water partition coefficient (Wildman–Crippen LogP) is 3.34. The molecular formula is C16H26N2O. The number of benzene rings is 1. The summed E-state index contributed by atoms with van der Waals surface area (Å²) in [4.78, 5) is 2.52. The number of nitrogens with two attached hydrogens (primary N) is 1. The Labute approximate surface area is 116 Å². The van der Waals surface area contributed by atoms with E-state index in [1.165, 1.54) is 18.5 Å². The molecule has 0 bridgehead atoms. The summed E-state index contributed by atoms with van der Waals surface area (Å²) >= 11 is 0. The first-order valence-corrected chi connectivity index (χ1v) is 7.23. The van der Waals surface area contributed by atoms with Crippen LogP contribution in [0.25, 0.3) is 0 Å². The number of anilines is 1. The number of nitrogens with zero attached hydrogens (tertiary/aromatic N) is 1. The third kappa shape index (κ3) is 3.21. The zero-order valence-corrected chi connectivity index (χ0v) is 12.5. The first-order chi connectivity index (χ1) is 9.04. The SMILES string of the molecule is COc1cccc(N(CC(C)C)C2CC2)c1[C@@H](C)N. The van der Waals surface area contributed by atoms with Gasteiger partial charge in [0.2, 0.25) is 0 Å². The first-order valence-electron chi connectivity index (χ1n) is 7.23. The van der Waals surface area contributed by atoms with Crippen molar-refractivity contribution in [2.75, 3.05) is 18.6 Å². The average Bonchev–Trinajstić information content (AvgIpc) is 3.18. The van der Waals surface area contributed by atoms with Crippen molar-refractivity contribution in [2.24, 2.45) is 11.7 Å². The van der Waals surface area contributed by atoms with Crippen molar-refractivity contribution in [3.05, 3.63) is 23.8 Å². The van der Waals surface area contributed by atoms with Gasteiger partial charge in [0.1, 0.15) is 5.75 Å². The molecule has 0 aliphatic heterocycles. The van der Waals surface area contributed by atoms with Gasteiger partial charge < -0.3 is 15.4 Å². The second-order valence-electron chi connectivity index (χ2n) is 5.96. The smallest absolute Gasteiger partial charge is 0.125 e. The number of ether oxygens (including phenoxy) is 1. The molecule has 3 nitrogen and oxygen atoms in total. The van der Waals surface area contributed by atoms with E-state index in [9.17, 15) is 0 Å². The van der Waals surface area contributed by atoms with Crippen LogP contribution in [0.2, 0.25) is 0 Å². The maximum atomic E-state index is 6.17. The van der Waals surface area contributed by atoms with Crippen LogP contribution in [-0.2, 0) is 0 Å². The molecule has 19 heavy (non-hydrogen) atoms. The largest absolute Gasteiger partial charge is 0.496 e. The van der Waals surface area contributed by atoms with E-state index in [2.05, 4.69) is 30.9 Å². The minimum atomic E-state index is -0.0143. The third-order valence-electron chi connectivity index (χ3n) is 3.58. The molecule has 0 spiro atoms. The van der Waals surface area contributed by atoms with Crippen LogP contribution in [0.15, 0.2) is 18.2 Å². The summed E-state index contributed by atoms with van der Waals surface area (Å²) in [5.41, 5.74) is 8.57. The van der Waals surface area contributed by atoms with Crippen LogP contribution < -0.4 is 15.4 Å². The summed E-state index contributed by atoms with van der Waals surface area (Å²) in [7, 11) is 1.72. The fourth-order valence-electron chi connectivity index (χ4n) is 2.64. The predicted molar refractivity (Wildman–Crippen MR) is 80.8 cm³/mol. The lowest BCUT2D eigenvalue weighted by Gasteiger charge is -2.30. The summed E-state index contributed by atoms with van der Waals surface area (Å²) in [6.45, 7) is 7.64. The Hall–Kier alpha value is -1.22. The Morgan fingerprint density at radius 1 is 1.32 bits per heavy atom. The van der Waals surface area contributed by atoms with Gasteiger partial charge in [-0.25, -0.2) is 0 Å². The lowest BCUT2D eigenvalue weighted by atomic mass is 10.0. The van der Waals surface area contributed by atoms with E-state index in [1.54, 1.807) is 7.11 Å². The monoisotopic (exact) mass is 262 g/mol. The molecule has 0 amide bonds. The average molecular weight is 262 g/mol. The van der Waals surface area contributed by atoms with E-state index >= 15 is 0 Å². The quantitative estimate of drug-likeness (QED) is 0.854. The highest BCUT2D eigenvalue weighted by Crippen LogP contribution is 2.39. The number of hydrogen-bond donors (Lipinski definition) is 1. The van der Waals surface area contributed by atoms with Gasteiger partial charge >= 0.3 is 0 Å². The van der Waals surface area contributed by atoms with Crippen molar-refractivity contribution in [3.63, 3.8) is 0 Å². The molecule has 1 aliphatic rings. The highest BCUT2D eigenvalue weighted by atomic mass is 16.5. The van der Waals surface area contributed by atoms with Crippen LogP contribution in [0, 0.1) is 5.92 Å². The highest BCUT2D eigenvalue weighted by Gasteiger charge is 2.31. The Balaban J connectivity index is 2.40. The normalized spacial score (nSPS) is 16.5. The van der Waals surface area contributed by atoms with Crippen LogP contribution in [0.1, 0.15) is 45.2 Å². The molecule has 1 aromatic carbocycles. The second kappa shape index (κ2) is 5.83. The maximum Gasteiger partial charge on any atom is 0.125 e. The lowest BCUT2D eigenvalue weighted by Crippen LogP contribution is -2.31. The molecule has 1 saturated carbocycles. The molecule has 1 fully saturated rings. The van der Waals surface area contributed by atoms with E-state index in [0.717, 1.165) is 17.9 Å². The molecule has 0 saturated heterocycles. The molecule has 0 aromatic heterocycles. The van der Waals surface area contributed by atoms with Gasteiger partial charge in [-0.05, 0) is 37.8 Å². The molecule has 0 radical (unpaired) electrons. The zero-order valence-electron chi connectivity index (χ0n) is 12.5. The molecule has 0 heterocycles. The van der Waals surface area contributed by atoms with E-state index < -0.39 is 0 Å². The van der Waals surface area contributed by atoms with Gasteiger partial charge in [-0.15, -0.1) is 0 Å². The number of methoxy groups -OCH3 is 1. The minimum Gasteiger partial charge on any atom is -0.496 e. The summed E-state index contributed by atoms with van der Waals surface area (Å²) in [5, 5.41) is 0. The molecule has 0 unspecified atom stereocenters. The summed E-state index contributed by atoms with van der Waals surface area (Å²) in [6, 6.07) is 6.92. The van der Waals surface area contributed by atoms with Crippen molar-refractivity contribution in [2.45, 2.75) is 45.7 Å². The van der Waals surface area contributed by atoms with Gasteiger partial charge in [0.05, 0.1) is 7.11 Å². The highest BCUT2D eigenvalue weighted by molar-refractivity contribution is 5.62. The van der Waals surface area contributed by atoms with Gasteiger partial charge in [-0.2, -0.15) is 0 Å². The van der Waals surface area contributed by atoms with Crippen molar-refractivity contribution >= 4 is 5.69 Å². The summed E-state index contributed by atoms with van der Waals surface area (Å²) in [6.07, 6.45) is 2.59. The maximum absolute atomic E-state index is 6.17. The third-order valence-corrected chi connectivity index (χ3v) is 3.58. The molecule has 2 rings (SSSR count). The molecule has 2 N–H and O–H groups in total. The summed E-state index contributed by atoms with van der Waals surface area (Å²) < 4.78 is 5.50. The first kappa shape index (κ1) is 14.2. The molecule has 1 atom stereocenters. The molecule has 106 valence electrons. The Kier molecular flexibility index (Phi) is 4.35. The lowest BCUT2D eigenvalue weighted by molar-refractivity contribution is 0.406. The topological polar surface area (TPSA) is 38.5 Å². The van der Waals surface area contributed by atoms with Crippen molar-refractivity contribution in [1.82, 2.24) is 0 Å². The van der Waals surface area contributed by atoms with Crippen LogP contribution in [0.4, 0.5) is 5.69 Å². The van der Waals surface area contributed by atoms with Gasteiger partial charge in [0, 0.05) is 29.9 Å². The van der Waals surface area contributed by atoms with E-state index in [1.807, 2.05) is 13.0 Å². The van der Waals surface area contributed by atoms with Gasteiger partial charge in [-0.1, -0.05) is 19.9 Å². The second-order valence-corrected chi connectivity index (χ2v) is 5.96. The summed E-state index contributed by atoms with van der Waals surface area (Å²) in [5.74, 6) is 1.55. The number of hydrogen-bond acceptors (Lipinski definition) is 3. The Morgan fingerprint density at radius 2 is 2.00 bits per heavy atom. The van der Waals surface area contributed by atoms with E-state index in [4.69, 9.17) is 10.5 Å². The van der Waals surface area contributed by atoms with Gasteiger partial charge in [0.25, 0.3) is 0 Å². The molecule has 3 heteroatoms. The fraction of sp³-hybridized carbons (Fsp3) is 0.625. The molecular weight excluding hydrogens is 236 g/mol. The van der Waals surface area contributed by atoms with Crippen LogP contribution >= 0.6 is 0 Å². The molecule has 1 aromatic rings. The van der Waals surface area contributed by atoms with Crippen molar-refractivity contribution in [1.29, 1.82) is 0 Å². The fourth-order valence-corrected chi connectivity index (χ4v) is 2.64. The molecule has 1 aliphatic carbocycles. The van der Waals surface area contributed by atoms with Crippen LogP contribution in [-0.4, -0.2) is 19.7 Å². The van der Waals surface area contributed by atoms with Crippen LogP contribution in [0.3, 0.4) is 0 Å². The minimum absolute atomic E-state index is 0.0143.